The molecule has 0 amide bonds. The summed E-state index contributed by atoms with van der Waals surface area (Å²) in [5, 5.41) is 22.6. The van der Waals surface area contributed by atoms with Crippen LogP contribution in [0, 0.1) is 0 Å². The Hall–Kier alpha value is -2.04. The van der Waals surface area contributed by atoms with E-state index >= 15 is 0 Å². The first kappa shape index (κ1) is 55.1. The Bertz CT molecular complexity index is 2080. The smallest absolute Gasteiger partial charge is 0.423 e. The summed E-state index contributed by atoms with van der Waals surface area (Å²) in [5.74, 6) is 0. The first-order chi connectivity index (χ1) is 28.4. The molecule has 0 aromatic heterocycles. The van der Waals surface area contributed by atoms with E-state index in [1.54, 1.807) is 12.1 Å². The minimum Gasteiger partial charge on any atom is -0.423 e. The van der Waals surface area contributed by atoms with Crippen LogP contribution < -0.4 is 5.46 Å². The van der Waals surface area contributed by atoms with Crippen molar-refractivity contribution in [3.63, 3.8) is 0 Å². The fraction of sp³-hybridized carbons (Fsp3) is 0.417. The van der Waals surface area contributed by atoms with Gasteiger partial charge in [0.25, 0.3) is 0 Å². The Morgan fingerprint density at radius 3 is 1.33 bits per heavy atom. The molecule has 9 rings (SSSR count). The number of fused-ring (bicyclic) bond motifs is 7. The summed E-state index contributed by atoms with van der Waals surface area (Å²) >= 11 is 6.93. The summed E-state index contributed by atoms with van der Waals surface area (Å²) in [7, 11) is -2.34. The average molecular weight is 1070 g/mol. The highest BCUT2D eigenvalue weighted by Gasteiger charge is 2.63. The molecule has 2 fully saturated rings. The first-order valence-corrected chi connectivity index (χ1v) is 22.8. The molecule has 5 aromatic carbocycles. The maximum Gasteiger partial charge on any atom is 0.488 e. The highest BCUT2D eigenvalue weighted by atomic mass is 127. The first-order valence-electron chi connectivity index (χ1n) is 21.2. The fourth-order valence-electron chi connectivity index (χ4n) is 6.40. The van der Waals surface area contributed by atoms with Crippen molar-refractivity contribution in [3.8, 4) is 0 Å². The van der Waals surface area contributed by atoms with E-state index in [1.807, 2.05) is 127 Å². The number of rotatable bonds is 2. The summed E-state index contributed by atoms with van der Waals surface area (Å²) in [5.41, 5.74) is 1.73. The van der Waals surface area contributed by atoms with Crippen LogP contribution in [0.4, 0.5) is 0 Å². The van der Waals surface area contributed by atoms with E-state index in [0.717, 1.165) is 15.2 Å². The van der Waals surface area contributed by atoms with Crippen molar-refractivity contribution in [2.24, 2.45) is 0 Å². The standard InChI is InChI=1S/C12H24B2O4.C10H9BO2.C10H7BrO.C10H7Br.3C2H6.HI/c1-9(2)10(3,4)16-13(15-9)14-17-11(5,6)12(7,8)18-14;12-11(13)10-6-5-8-3-1-2-4-9(8)7-10;11-8-5-9-6-3-1-2-4-7(6)10(8)12-9;11-10-6-5-8-3-1-2-4-9(8)7-10;3*1-2;/h1-8H3;1-7,12-13H;1-5,9-10H;1-7H;3*1-2H3;1H. The van der Waals surface area contributed by atoms with E-state index in [2.05, 4.69) is 105 Å². The second-order valence-electron chi connectivity index (χ2n) is 15.8. The molecule has 330 valence electrons. The molecule has 2 N–H and O–H groups in total. The van der Waals surface area contributed by atoms with E-state index in [1.165, 1.54) is 26.4 Å². The van der Waals surface area contributed by atoms with Gasteiger partial charge < -0.3 is 33.4 Å². The molecule has 4 aliphatic rings. The van der Waals surface area contributed by atoms with Crippen LogP contribution in [0.25, 0.3) is 21.5 Å². The summed E-state index contributed by atoms with van der Waals surface area (Å²) < 4.78 is 31.9. The van der Waals surface area contributed by atoms with Crippen molar-refractivity contribution in [2.75, 3.05) is 0 Å². The van der Waals surface area contributed by atoms with Gasteiger partial charge in [0.15, 0.2) is 0 Å². The lowest BCUT2D eigenvalue weighted by atomic mass is 9.49. The van der Waals surface area contributed by atoms with E-state index in [9.17, 15) is 0 Å². The van der Waals surface area contributed by atoms with Crippen molar-refractivity contribution in [1.29, 1.82) is 0 Å². The van der Waals surface area contributed by atoms with Gasteiger partial charge in [-0.2, -0.15) is 0 Å². The molecule has 4 aliphatic heterocycles. The van der Waals surface area contributed by atoms with Gasteiger partial charge in [-0.3, -0.25) is 0 Å². The summed E-state index contributed by atoms with van der Waals surface area (Å²) in [6, 6.07) is 36.2. The average Bonchev–Trinajstić information content (AvgIpc) is 3.93. The van der Waals surface area contributed by atoms with E-state index in [0.29, 0.717) is 5.46 Å². The molecule has 5 aromatic rings. The molecule has 61 heavy (non-hydrogen) atoms. The van der Waals surface area contributed by atoms with Crippen LogP contribution in [0.5, 0.6) is 0 Å². The highest BCUT2D eigenvalue weighted by Crippen LogP contribution is 2.51. The number of benzene rings is 5. The van der Waals surface area contributed by atoms with Crippen LogP contribution in [-0.2, 0) is 23.4 Å². The zero-order chi connectivity index (χ0) is 45.1. The van der Waals surface area contributed by atoms with Gasteiger partial charge in [-0.25, -0.2) is 0 Å². The number of halogens is 3. The number of hydrogen-bond donors (Lipinski definition) is 2. The molecule has 4 heterocycles. The van der Waals surface area contributed by atoms with Crippen LogP contribution in [-0.4, -0.2) is 53.6 Å². The molecule has 2 atom stereocenters. The molecule has 7 nitrogen and oxygen atoms in total. The Morgan fingerprint density at radius 2 is 0.885 bits per heavy atom. The SMILES string of the molecule is BrC1=CC2OC1c1ccccc12.Brc1ccc2ccccc2c1.CC.CC.CC.CC1(C)OB(B2OC(C)(C)C(C)(C)O2)OC1(C)C.I.OB(O)c1ccc2ccccc2c1. The Labute approximate surface area is 401 Å². The van der Waals surface area contributed by atoms with Crippen molar-refractivity contribution in [1.82, 2.24) is 0 Å². The van der Waals surface area contributed by atoms with E-state index in [-0.39, 0.29) is 58.6 Å². The van der Waals surface area contributed by atoms with Crippen LogP contribution in [0.3, 0.4) is 0 Å². The van der Waals surface area contributed by atoms with Gasteiger partial charge in [0.05, 0.1) is 22.4 Å². The van der Waals surface area contributed by atoms with Crippen molar-refractivity contribution < 1.29 is 33.4 Å². The largest absolute Gasteiger partial charge is 0.488 e. The van der Waals surface area contributed by atoms with Gasteiger partial charge in [-0.15, -0.1) is 24.0 Å². The molecule has 0 radical (unpaired) electrons. The lowest BCUT2D eigenvalue weighted by Gasteiger charge is -2.32. The van der Waals surface area contributed by atoms with Crippen LogP contribution in [0.15, 0.2) is 124 Å². The van der Waals surface area contributed by atoms with Crippen LogP contribution >= 0.6 is 55.8 Å². The third-order valence-electron chi connectivity index (χ3n) is 11.0. The van der Waals surface area contributed by atoms with Crippen molar-refractivity contribution in [3.05, 3.63) is 135 Å². The lowest BCUT2D eigenvalue weighted by molar-refractivity contribution is 0.00578. The predicted molar refractivity (Wildman–Crippen MR) is 277 cm³/mol. The second kappa shape index (κ2) is 24.3. The normalized spacial score (nSPS) is 19.7. The van der Waals surface area contributed by atoms with Gasteiger partial charge >= 0.3 is 21.1 Å². The van der Waals surface area contributed by atoms with Crippen molar-refractivity contribution in [2.45, 2.75) is 132 Å². The summed E-state index contributed by atoms with van der Waals surface area (Å²) in [6.07, 6.45) is 2.50. The zero-order valence-corrected chi connectivity index (χ0v) is 44.0. The van der Waals surface area contributed by atoms with E-state index in [4.69, 9.17) is 33.4 Å². The molecule has 2 unspecified atom stereocenters. The second-order valence-corrected chi connectivity index (χ2v) is 17.7. The topological polar surface area (TPSA) is 86.6 Å². The molecular formula is C48H66B3Br2IO7. The summed E-state index contributed by atoms with van der Waals surface area (Å²) in [6.45, 7) is 28.2. The Balaban J connectivity index is 0.000000271. The third kappa shape index (κ3) is 13.7. The molecular weight excluding hydrogens is 1010 g/mol. The van der Waals surface area contributed by atoms with E-state index < -0.39 is 21.1 Å². The monoisotopic (exact) mass is 1070 g/mol. The molecule has 0 saturated carbocycles. The maximum atomic E-state index is 8.94. The Morgan fingerprint density at radius 1 is 0.508 bits per heavy atom. The van der Waals surface area contributed by atoms with Gasteiger partial charge in [0.2, 0.25) is 0 Å². The minimum atomic E-state index is -1.38. The van der Waals surface area contributed by atoms with Gasteiger partial charge in [0, 0.05) is 8.96 Å². The Kier molecular flexibility index (Phi) is 22.0. The quantitative estimate of drug-likeness (QED) is 0.135. The molecule has 0 spiro atoms. The molecule has 0 aliphatic carbocycles. The fourth-order valence-corrected chi connectivity index (χ4v) is 7.38. The number of ether oxygens (including phenoxy) is 1. The van der Waals surface area contributed by atoms with Gasteiger partial charge in [-0.05, 0) is 112 Å². The van der Waals surface area contributed by atoms with Crippen LogP contribution in [0.1, 0.15) is 120 Å². The number of hydrogen-bond acceptors (Lipinski definition) is 7. The van der Waals surface area contributed by atoms with Gasteiger partial charge in [0.1, 0.15) is 12.2 Å². The van der Waals surface area contributed by atoms with Crippen molar-refractivity contribution >= 4 is 104 Å². The molecule has 2 saturated heterocycles. The van der Waals surface area contributed by atoms with Gasteiger partial charge in [-0.1, -0.05) is 170 Å². The highest BCUT2D eigenvalue weighted by molar-refractivity contribution is 14.0. The minimum absolute atomic E-state index is 0. The predicted octanol–water partition coefficient (Wildman–Crippen LogP) is 13.2. The van der Waals surface area contributed by atoms with Crippen LogP contribution in [0.2, 0.25) is 0 Å². The summed E-state index contributed by atoms with van der Waals surface area (Å²) in [4.78, 5) is 0. The lowest BCUT2D eigenvalue weighted by Crippen LogP contribution is -2.41. The molecule has 2 bridgehead atoms. The third-order valence-corrected chi connectivity index (χ3v) is 12.2. The zero-order valence-electron chi connectivity index (χ0n) is 38.5. The maximum absolute atomic E-state index is 8.94. The molecule has 13 heteroatoms.